The maximum absolute atomic E-state index is 12.4. The van der Waals surface area contributed by atoms with Gasteiger partial charge in [-0.1, -0.05) is 36.4 Å². The number of carbonyl (C=O) groups excluding carboxylic acids is 2. The second kappa shape index (κ2) is 9.53. The third kappa shape index (κ3) is 6.14. The number of rotatable bonds is 5. The van der Waals surface area contributed by atoms with Crippen molar-refractivity contribution >= 4 is 29.7 Å². The molecule has 0 atom stereocenters. The molecule has 0 unspecified atom stereocenters. The molecule has 8 nitrogen and oxygen atoms in total. The summed E-state index contributed by atoms with van der Waals surface area (Å²) in [4.78, 5) is 52.0. The van der Waals surface area contributed by atoms with Crippen LogP contribution in [0.3, 0.4) is 0 Å². The number of ether oxygens (including phenoxy) is 1. The number of H-pyrrole nitrogens is 2. The number of aromatic amines is 2. The lowest BCUT2D eigenvalue weighted by Crippen LogP contribution is -2.46. The van der Waals surface area contributed by atoms with Crippen molar-refractivity contribution in [3.8, 4) is 0 Å². The number of anilines is 1. The number of nitrogens with one attached hydrogen (secondary N) is 3. The highest BCUT2D eigenvalue weighted by Gasteiger charge is 2.00. The van der Waals surface area contributed by atoms with Gasteiger partial charge in [-0.25, -0.2) is 0 Å². The van der Waals surface area contributed by atoms with Gasteiger partial charge >= 0.3 is 5.97 Å². The normalized spacial score (nSPS) is 11.9. The molecule has 0 saturated carbocycles. The minimum Gasteiger partial charge on any atom is -0.461 e. The molecule has 31 heavy (non-hydrogen) atoms. The van der Waals surface area contributed by atoms with Gasteiger partial charge < -0.3 is 20.0 Å². The Balaban J connectivity index is 1.87. The fourth-order valence-electron chi connectivity index (χ4n) is 2.79. The first-order valence-electron chi connectivity index (χ1n) is 9.46. The SMILES string of the molecule is CC(=O)Nc1ccc(/C=c2\[nH]c(=O)/c(=C/c3ccc(COC(C)=O)cc3)[nH]c2=O)cc1. The molecule has 3 N–H and O–H groups in total. The molecule has 1 aromatic heterocycles. The zero-order valence-corrected chi connectivity index (χ0v) is 17.0. The number of amides is 1. The number of esters is 1. The standard InChI is InChI=1S/C23H21N3O5/c1-14(27)24-19-9-7-17(8-10-19)12-21-23(30)25-20(22(29)26-21)11-16-3-5-18(6-4-16)13-31-15(2)28/h3-12H,13H2,1-2H3,(H,24,27)(H,25,30)(H,26,29)/b20-11-,21-12-. The molecule has 3 rings (SSSR count). The van der Waals surface area contributed by atoms with Crippen molar-refractivity contribution < 1.29 is 14.3 Å². The quantitative estimate of drug-likeness (QED) is 0.527. The van der Waals surface area contributed by atoms with Gasteiger partial charge in [-0.3, -0.25) is 19.2 Å². The predicted octanol–water partition coefficient (Wildman–Crippen LogP) is 0.742. The molecule has 0 aliphatic rings. The van der Waals surface area contributed by atoms with Crippen molar-refractivity contribution in [1.82, 2.24) is 9.97 Å². The molecule has 1 heterocycles. The van der Waals surface area contributed by atoms with Gasteiger partial charge in [0, 0.05) is 19.5 Å². The molecule has 0 radical (unpaired) electrons. The van der Waals surface area contributed by atoms with Gasteiger partial charge in [-0.05, 0) is 41.0 Å². The van der Waals surface area contributed by atoms with Crippen molar-refractivity contribution in [3.63, 3.8) is 0 Å². The van der Waals surface area contributed by atoms with Crippen LogP contribution in [0.15, 0.2) is 58.1 Å². The molecule has 3 aromatic rings. The third-order valence-corrected chi connectivity index (χ3v) is 4.26. The van der Waals surface area contributed by atoms with Crippen LogP contribution in [0.4, 0.5) is 5.69 Å². The maximum Gasteiger partial charge on any atom is 0.302 e. The summed E-state index contributed by atoms with van der Waals surface area (Å²) in [7, 11) is 0. The first kappa shape index (κ1) is 21.5. The van der Waals surface area contributed by atoms with Crippen LogP contribution >= 0.6 is 0 Å². The van der Waals surface area contributed by atoms with Crippen LogP contribution in [-0.4, -0.2) is 21.8 Å². The second-order valence-corrected chi connectivity index (χ2v) is 6.85. The number of benzene rings is 2. The molecule has 2 aromatic carbocycles. The molecule has 0 spiro atoms. The minimum absolute atomic E-state index is 0.117. The first-order chi connectivity index (χ1) is 14.8. The van der Waals surface area contributed by atoms with Crippen LogP contribution in [0.1, 0.15) is 30.5 Å². The van der Waals surface area contributed by atoms with Gasteiger partial charge in [0.25, 0.3) is 11.1 Å². The zero-order valence-electron chi connectivity index (χ0n) is 17.0. The summed E-state index contributed by atoms with van der Waals surface area (Å²) in [5.41, 5.74) is 1.96. The Labute approximate surface area is 176 Å². The number of hydrogen-bond donors (Lipinski definition) is 3. The monoisotopic (exact) mass is 419 g/mol. The topological polar surface area (TPSA) is 121 Å². The molecule has 0 fully saturated rings. The molecular formula is C23H21N3O5. The minimum atomic E-state index is -0.441. The molecule has 0 saturated heterocycles. The molecule has 0 aliphatic carbocycles. The maximum atomic E-state index is 12.4. The largest absolute Gasteiger partial charge is 0.461 e. The van der Waals surface area contributed by atoms with E-state index >= 15 is 0 Å². The van der Waals surface area contributed by atoms with E-state index in [1.54, 1.807) is 60.7 Å². The van der Waals surface area contributed by atoms with Crippen LogP contribution in [0.25, 0.3) is 12.2 Å². The van der Waals surface area contributed by atoms with Crippen LogP contribution < -0.4 is 27.1 Å². The van der Waals surface area contributed by atoms with Crippen LogP contribution in [0.5, 0.6) is 0 Å². The summed E-state index contributed by atoms with van der Waals surface area (Å²) in [5, 5.41) is 2.90. The first-order valence-corrected chi connectivity index (χ1v) is 9.46. The number of aromatic nitrogens is 2. The van der Waals surface area contributed by atoms with E-state index < -0.39 is 11.1 Å². The van der Waals surface area contributed by atoms with Crippen LogP contribution in [-0.2, 0) is 20.9 Å². The van der Waals surface area contributed by atoms with Crippen molar-refractivity contribution in [1.29, 1.82) is 0 Å². The molecular weight excluding hydrogens is 398 g/mol. The van der Waals surface area contributed by atoms with E-state index in [9.17, 15) is 19.2 Å². The Morgan fingerprint density at radius 1 is 0.839 bits per heavy atom. The zero-order chi connectivity index (χ0) is 22.4. The summed E-state index contributed by atoms with van der Waals surface area (Å²) in [5.74, 6) is -0.538. The van der Waals surface area contributed by atoms with Crippen molar-refractivity contribution in [2.45, 2.75) is 20.5 Å². The Kier molecular flexibility index (Phi) is 6.61. The van der Waals surface area contributed by atoms with Gasteiger partial charge in [0.05, 0.1) is 0 Å². The van der Waals surface area contributed by atoms with Gasteiger partial charge in [0.1, 0.15) is 17.3 Å². The summed E-state index contributed by atoms with van der Waals surface area (Å²) in [6.07, 6.45) is 3.10. The van der Waals surface area contributed by atoms with E-state index in [0.717, 1.165) is 5.56 Å². The van der Waals surface area contributed by atoms with Gasteiger partial charge in [-0.15, -0.1) is 0 Å². The van der Waals surface area contributed by atoms with Gasteiger partial charge in [-0.2, -0.15) is 0 Å². The van der Waals surface area contributed by atoms with Gasteiger partial charge in [0.15, 0.2) is 0 Å². The summed E-state index contributed by atoms with van der Waals surface area (Å²) >= 11 is 0. The second-order valence-electron chi connectivity index (χ2n) is 6.85. The highest BCUT2D eigenvalue weighted by molar-refractivity contribution is 5.88. The van der Waals surface area contributed by atoms with Crippen LogP contribution in [0, 0.1) is 0 Å². The molecule has 8 heteroatoms. The fourth-order valence-corrected chi connectivity index (χ4v) is 2.79. The fraction of sp³-hybridized carbons (Fsp3) is 0.130. The van der Waals surface area contributed by atoms with E-state index in [1.807, 2.05) is 0 Å². The van der Waals surface area contributed by atoms with Crippen LogP contribution in [0.2, 0.25) is 0 Å². The summed E-state index contributed by atoms with van der Waals surface area (Å²) in [6.45, 7) is 2.93. The number of hydrogen-bond acceptors (Lipinski definition) is 5. The molecule has 0 bridgehead atoms. The molecule has 0 aliphatic heterocycles. The Morgan fingerprint density at radius 3 is 1.77 bits per heavy atom. The summed E-state index contributed by atoms with van der Waals surface area (Å²) < 4.78 is 4.93. The smallest absolute Gasteiger partial charge is 0.302 e. The van der Waals surface area contributed by atoms with Crippen molar-refractivity contribution in [2.24, 2.45) is 0 Å². The Hall–Kier alpha value is -4.20. The average Bonchev–Trinajstić information content (AvgIpc) is 2.72. The van der Waals surface area contributed by atoms with Crippen molar-refractivity contribution in [2.75, 3.05) is 5.32 Å². The summed E-state index contributed by atoms with van der Waals surface area (Å²) in [6, 6.07) is 13.9. The molecule has 1 amide bonds. The lowest BCUT2D eigenvalue weighted by atomic mass is 10.1. The highest BCUT2D eigenvalue weighted by Crippen LogP contribution is 2.09. The van der Waals surface area contributed by atoms with E-state index in [0.29, 0.717) is 16.8 Å². The van der Waals surface area contributed by atoms with Crippen molar-refractivity contribution in [3.05, 3.63) is 96.6 Å². The lowest BCUT2D eigenvalue weighted by molar-refractivity contribution is -0.142. The van der Waals surface area contributed by atoms with E-state index in [2.05, 4.69) is 15.3 Å². The number of carbonyl (C=O) groups is 2. The van der Waals surface area contributed by atoms with E-state index in [4.69, 9.17) is 4.74 Å². The Bertz CT molecular complexity index is 1330. The van der Waals surface area contributed by atoms with E-state index in [-0.39, 0.29) is 29.2 Å². The Morgan fingerprint density at radius 2 is 1.32 bits per heavy atom. The van der Waals surface area contributed by atoms with Gasteiger partial charge in [0.2, 0.25) is 5.91 Å². The molecule has 158 valence electrons. The average molecular weight is 419 g/mol. The third-order valence-electron chi connectivity index (χ3n) is 4.26. The highest BCUT2D eigenvalue weighted by atomic mass is 16.5. The van der Waals surface area contributed by atoms with E-state index in [1.165, 1.54) is 13.8 Å². The lowest BCUT2D eigenvalue weighted by Gasteiger charge is -2.02. The predicted molar refractivity (Wildman–Crippen MR) is 117 cm³/mol.